The third-order valence-corrected chi connectivity index (χ3v) is 4.00. The number of amides is 1. The van der Waals surface area contributed by atoms with E-state index in [4.69, 9.17) is 4.74 Å². The van der Waals surface area contributed by atoms with Gasteiger partial charge in [0.2, 0.25) is 0 Å². The number of ether oxygens (including phenoxy) is 1. The number of carbonyl (C=O) groups excluding carboxylic acids is 1. The van der Waals surface area contributed by atoms with Crippen molar-refractivity contribution < 1.29 is 14.5 Å². The SMILES string of the molecule is CCN(CC)CCOc1ccc(NC(=O)c2cccc([N+](=O)[O-])c2)cc1. The lowest BCUT2D eigenvalue weighted by molar-refractivity contribution is -0.384. The highest BCUT2D eigenvalue weighted by molar-refractivity contribution is 6.04. The van der Waals surface area contributed by atoms with Crippen LogP contribution in [0.3, 0.4) is 0 Å². The first-order valence-corrected chi connectivity index (χ1v) is 8.54. The molecule has 0 atom stereocenters. The highest BCUT2D eigenvalue weighted by atomic mass is 16.6. The quantitative estimate of drug-likeness (QED) is 0.548. The summed E-state index contributed by atoms with van der Waals surface area (Å²) in [5.41, 5.74) is 0.714. The first kappa shape index (κ1) is 19.4. The highest BCUT2D eigenvalue weighted by Gasteiger charge is 2.11. The van der Waals surface area contributed by atoms with Crippen LogP contribution in [0.25, 0.3) is 0 Å². The Morgan fingerprint density at radius 2 is 1.85 bits per heavy atom. The molecule has 0 aliphatic carbocycles. The van der Waals surface area contributed by atoms with E-state index < -0.39 is 10.8 Å². The number of non-ortho nitro benzene ring substituents is 1. The zero-order chi connectivity index (χ0) is 18.9. The van der Waals surface area contributed by atoms with E-state index >= 15 is 0 Å². The van der Waals surface area contributed by atoms with Crippen molar-refractivity contribution in [2.75, 3.05) is 31.6 Å². The average Bonchev–Trinajstić information content (AvgIpc) is 2.66. The maximum absolute atomic E-state index is 12.2. The fourth-order valence-electron chi connectivity index (χ4n) is 2.43. The number of nitro benzene ring substituents is 1. The molecule has 0 unspecified atom stereocenters. The molecule has 2 rings (SSSR count). The van der Waals surface area contributed by atoms with Gasteiger partial charge >= 0.3 is 0 Å². The summed E-state index contributed by atoms with van der Waals surface area (Å²) in [6, 6.07) is 12.7. The van der Waals surface area contributed by atoms with Crippen LogP contribution in [-0.4, -0.2) is 42.0 Å². The van der Waals surface area contributed by atoms with Crippen LogP contribution in [0.1, 0.15) is 24.2 Å². The topological polar surface area (TPSA) is 84.7 Å². The summed E-state index contributed by atoms with van der Waals surface area (Å²) in [6.07, 6.45) is 0. The molecule has 0 radical (unpaired) electrons. The van der Waals surface area contributed by atoms with E-state index in [1.54, 1.807) is 24.3 Å². The van der Waals surface area contributed by atoms with Crippen LogP contribution in [0.2, 0.25) is 0 Å². The Balaban J connectivity index is 1.91. The normalized spacial score (nSPS) is 10.6. The Morgan fingerprint density at radius 1 is 1.15 bits per heavy atom. The van der Waals surface area contributed by atoms with Gasteiger partial charge in [-0.15, -0.1) is 0 Å². The fraction of sp³-hybridized carbons (Fsp3) is 0.316. The molecule has 0 aliphatic heterocycles. The van der Waals surface area contributed by atoms with Crippen molar-refractivity contribution in [3.05, 3.63) is 64.2 Å². The molecule has 2 aromatic carbocycles. The summed E-state index contributed by atoms with van der Waals surface area (Å²) in [4.78, 5) is 24.8. The predicted octanol–water partition coefficient (Wildman–Crippen LogP) is 3.57. The van der Waals surface area contributed by atoms with E-state index in [1.807, 2.05) is 0 Å². The summed E-state index contributed by atoms with van der Waals surface area (Å²) >= 11 is 0. The number of anilines is 1. The summed E-state index contributed by atoms with van der Waals surface area (Å²) in [5, 5.41) is 13.5. The molecule has 0 saturated heterocycles. The Bertz CT molecular complexity index is 743. The Kier molecular flexibility index (Phi) is 7.11. The van der Waals surface area contributed by atoms with Crippen molar-refractivity contribution in [1.29, 1.82) is 0 Å². The number of carbonyl (C=O) groups is 1. The molecule has 1 N–H and O–H groups in total. The van der Waals surface area contributed by atoms with Crippen LogP contribution in [0.5, 0.6) is 5.75 Å². The maximum Gasteiger partial charge on any atom is 0.270 e. The van der Waals surface area contributed by atoms with Gasteiger partial charge in [0.15, 0.2) is 0 Å². The molecule has 0 aromatic heterocycles. The molecule has 7 heteroatoms. The van der Waals surface area contributed by atoms with E-state index in [9.17, 15) is 14.9 Å². The van der Waals surface area contributed by atoms with Crippen LogP contribution in [0, 0.1) is 10.1 Å². The molecular weight excluding hydrogens is 334 g/mol. The maximum atomic E-state index is 12.2. The lowest BCUT2D eigenvalue weighted by Gasteiger charge is -2.18. The second-order valence-corrected chi connectivity index (χ2v) is 5.66. The Labute approximate surface area is 152 Å². The smallest absolute Gasteiger partial charge is 0.270 e. The third-order valence-electron chi connectivity index (χ3n) is 4.00. The zero-order valence-corrected chi connectivity index (χ0v) is 15.0. The van der Waals surface area contributed by atoms with Gasteiger partial charge in [0.05, 0.1) is 4.92 Å². The van der Waals surface area contributed by atoms with Gasteiger partial charge < -0.3 is 15.0 Å². The number of rotatable bonds is 9. The van der Waals surface area contributed by atoms with E-state index in [-0.39, 0.29) is 11.3 Å². The molecule has 0 bridgehead atoms. The second kappa shape index (κ2) is 9.53. The molecule has 1 amide bonds. The molecule has 7 nitrogen and oxygen atoms in total. The van der Waals surface area contributed by atoms with Gasteiger partial charge in [-0.25, -0.2) is 0 Å². The summed E-state index contributed by atoms with van der Waals surface area (Å²) < 4.78 is 5.70. The molecule has 138 valence electrons. The van der Waals surface area contributed by atoms with Crippen LogP contribution in [-0.2, 0) is 0 Å². The minimum Gasteiger partial charge on any atom is -0.492 e. The molecule has 2 aromatic rings. The number of hydrogen-bond acceptors (Lipinski definition) is 5. The van der Waals surface area contributed by atoms with Crippen molar-refractivity contribution in [2.45, 2.75) is 13.8 Å². The van der Waals surface area contributed by atoms with Crippen LogP contribution < -0.4 is 10.1 Å². The average molecular weight is 357 g/mol. The van der Waals surface area contributed by atoms with Crippen LogP contribution in [0.15, 0.2) is 48.5 Å². The van der Waals surface area contributed by atoms with E-state index in [0.717, 1.165) is 25.4 Å². The summed E-state index contributed by atoms with van der Waals surface area (Å²) in [5.74, 6) is 0.328. The molecule has 0 spiro atoms. The molecule has 0 heterocycles. The van der Waals surface area contributed by atoms with Gasteiger partial charge in [-0.3, -0.25) is 14.9 Å². The number of nitrogens with zero attached hydrogens (tertiary/aromatic N) is 2. The molecular formula is C19H23N3O4. The standard InChI is InChI=1S/C19H23N3O4/c1-3-21(4-2)12-13-26-18-10-8-16(9-11-18)20-19(23)15-6-5-7-17(14-15)22(24)25/h5-11,14H,3-4,12-13H2,1-2H3,(H,20,23). The van der Waals surface area contributed by atoms with Crippen LogP contribution in [0.4, 0.5) is 11.4 Å². The molecule has 0 aliphatic rings. The highest BCUT2D eigenvalue weighted by Crippen LogP contribution is 2.18. The van der Waals surface area contributed by atoms with E-state index in [1.165, 1.54) is 24.3 Å². The van der Waals surface area contributed by atoms with Gasteiger partial charge in [0.25, 0.3) is 11.6 Å². The summed E-state index contributed by atoms with van der Waals surface area (Å²) in [7, 11) is 0. The number of hydrogen-bond donors (Lipinski definition) is 1. The first-order chi connectivity index (χ1) is 12.5. The predicted molar refractivity (Wildman–Crippen MR) is 101 cm³/mol. The number of benzene rings is 2. The fourth-order valence-corrected chi connectivity index (χ4v) is 2.43. The number of nitro groups is 1. The third kappa shape index (κ3) is 5.56. The van der Waals surface area contributed by atoms with Gasteiger partial charge in [0.1, 0.15) is 12.4 Å². The van der Waals surface area contributed by atoms with Crippen LogP contribution >= 0.6 is 0 Å². The Hall–Kier alpha value is -2.93. The number of nitrogens with one attached hydrogen (secondary N) is 1. The monoisotopic (exact) mass is 357 g/mol. The number of likely N-dealkylation sites (N-methyl/N-ethyl adjacent to an activating group) is 1. The van der Waals surface area contributed by atoms with Crippen molar-refractivity contribution in [2.24, 2.45) is 0 Å². The van der Waals surface area contributed by atoms with Crippen molar-refractivity contribution in [3.8, 4) is 5.75 Å². The van der Waals surface area contributed by atoms with Gasteiger partial charge in [-0.1, -0.05) is 19.9 Å². The lowest BCUT2D eigenvalue weighted by Crippen LogP contribution is -2.27. The second-order valence-electron chi connectivity index (χ2n) is 5.66. The molecule has 26 heavy (non-hydrogen) atoms. The first-order valence-electron chi connectivity index (χ1n) is 8.54. The zero-order valence-electron chi connectivity index (χ0n) is 15.0. The van der Waals surface area contributed by atoms with E-state index in [2.05, 4.69) is 24.1 Å². The minimum atomic E-state index is -0.527. The van der Waals surface area contributed by atoms with Crippen molar-refractivity contribution in [3.63, 3.8) is 0 Å². The summed E-state index contributed by atoms with van der Waals surface area (Å²) in [6.45, 7) is 7.66. The van der Waals surface area contributed by atoms with Gasteiger partial charge in [0, 0.05) is 29.9 Å². The van der Waals surface area contributed by atoms with Gasteiger partial charge in [-0.2, -0.15) is 0 Å². The molecule has 0 saturated carbocycles. The Morgan fingerprint density at radius 3 is 2.46 bits per heavy atom. The van der Waals surface area contributed by atoms with Crippen molar-refractivity contribution in [1.82, 2.24) is 4.90 Å². The lowest BCUT2D eigenvalue weighted by atomic mass is 10.2. The van der Waals surface area contributed by atoms with E-state index in [0.29, 0.717) is 12.3 Å². The molecule has 0 fully saturated rings. The minimum absolute atomic E-state index is 0.116. The largest absolute Gasteiger partial charge is 0.492 e. The van der Waals surface area contributed by atoms with Crippen molar-refractivity contribution >= 4 is 17.3 Å². The van der Waals surface area contributed by atoms with Gasteiger partial charge in [-0.05, 0) is 43.4 Å².